The molecule has 0 amide bonds. The Hall–Kier alpha value is -1.72. The standard InChI is InChI=1S/C16H15BrO4/c1-19-12-4-2-3-10(5-12)6-14(18)11-7-13(17)16-15(8-11)20-9-21-16/h2-5,7-8,14,18H,6,9H2,1H3. The summed E-state index contributed by atoms with van der Waals surface area (Å²) in [6, 6.07) is 11.4. The van der Waals surface area contributed by atoms with Gasteiger partial charge in [-0.15, -0.1) is 0 Å². The van der Waals surface area contributed by atoms with Crippen LogP contribution in [-0.4, -0.2) is 19.0 Å². The molecule has 1 heterocycles. The van der Waals surface area contributed by atoms with Crippen LogP contribution < -0.4 is 14.2 Å². The fraction of sp³-hybridized carbons (Fsp3) is 0.250. The van der Waals surface area contributed by atoms with Crippen molar-refractivity contribution in [2.45, 2.75) is 12.5 Å². The molecule has 2 aromatic carbocycles. The number of hydrogen-bond acceptors (Lipinski definition) is 4. The zero-order chi connectivity index (χ0) is 14.8. The van der Waals surface area contributed by atoms with Crippen LogP contribution in [0.15, 0.2) is 40.9 Å². The average molecular weight is 351 g/mol. The molecule has 0 fully saturated rings. The second-order valence-corrected chi connectivity index (χ2v) is 5.66. The Bertz CT molecular complexity index is 657. The first-order chi connectivity index (χ1) is 10.2. The molecule has 0 aliphatic carbocycles. The number of methoxy groups -OCH3 is 1. The first-order valence-electron chi connectivity index (χ1n) is 6.57. The van der Waals surface area contributed by atoms with Crippen molar-refractivity contribution in [2.24, 2.45) is 0 Å². The number of benzene rings is 2. The Morgan fingerprint density at radius 1 is 1.29 bits per heavy atom. The van der Waals surface area contributed by atoms with Crippen LogP contribution in [-0.2, 0) is 6.42 Å². The van der Waals surface area contributed by atoms with Gasteiger partial charge in [0.05, 0.1) is 17.7 Å². The number of rotatable bonds is 4. The van der Waals surface area contributed by atoms with Gasteiger partial charge >= 0.3 is 0 Å². The zero-order valence-corrected chi connectivity index (χ0v) is 13.1. The van der Waals surface area contributed by atoms with Gasteiger partial charge in [-0.2, -0.15) is 0 Å². The van der Waals surface area contributed by atoms with E-state index in [0.717, 1.165) is 21.3 Å². The van der Waals surface area contributed by atoms with Crippen molar-refractivity contribution >= 4 is 15.9 Å². The Kier molecular flexibility index (Phi) is 4.03. The van der Waals surface area contributed by atoms with Gasteiger partial charge in [0, 0.05) is 6.42 Å². The van der Waals surface area contributed by atoms with Crippen molar-refractivity contribution in [3.05, 3.63) is 52.0 Å². The maximum Gasteiger partial charge on any atom is 0.231 e. The van der Waals surface area contributed by atoms with Gasteiger partial charge in [-0.3, -0.25) is 0 Å². The highest BCUT2D eigenvalue weighted by molar-refractivity contribution is 9.10. The van der Waals surface area contributed by atoms with Gasteiger partial charge in [0.25, 0.3) is 0 Å². The molecule has 0 spiro atoms. The highest BCUT2D eigenvalue weighted by Crippen LogP contribution is 2.41. The van der Waals surface area contributed by atoms with Crippen LogP contribution >= 0.6 is 15.9 Å². The van der Waals surface area contributed by atoms with Crippen LogP contribution in [0.4, 0.5) is 0 Å². The fourth-order valence-corrected chi connectivity index (χ4v) is 2.89. The summed E-state index contributed by atoms with van der Waals surface area (Å²) in [4.78, 5) is 0. The highest BCUT2D eigenvalue weighted by Gasteiger charge is 2.20. The lowest BCUT2D eigenvalue weighted by Gasteiger charge is -2.13. The van der Waals surface area contributed by atoms with Crippen LogP contribution in [0, 0.1) is 0 Å². The molecule has 0 radical (unpaired) electrons. The molecule has 0 aromatic heterocycles. The predicted molar refractivity (Wildman–Crippen MR) is 81.9 cm³/mol. The van der Waals surface area contributed by atoms with E-state index in [4.69, 9.17) is 14.2 Å². The molecule has 1 N–H and O–H groups in total. The second kappa shape index (κ2) is 5.95. The molecule has 3 rings (SSSR count). The van der Waals surface area contributed by atoms with Crippen LogP contribution in [0.3, 0.4) is 0 Å². The van der Waals surface area contributed by atoms with Gasteiger partial charge in [0.2, 0.25) is 6.79 Å². The second-order valence-electron chi connectivity index (χ2n) is 4.81. The van der Waals surface area contributed by atoms with E-state index in [1.807, 2.05) is 36.4 Å². The molecule has 0 saturated carbocycles. The summed E-state index contributed by atoms with van der Waals surface area (Å²) in [5, 5.41) is 10.4. The third-order valence-corrected chi connectivity index (χ3v) is 3.99. The van der Waals surface area contributed by atoms with Crippen molar-refractivity contribution in [1.82, 2.24) is 0 Å². The number of fused-ring (bicyclic) bond motifs is 1. The van der Waals surface area contributed by atoms with Crippen LogP contribution in [0.5, 0.6) is 17.2 Å². The fourth-order valence-electron chi connectivity index (χ4n) is 2.32. The van der Waals surface area contributed by atoms with E-state index >= 15 is 0 Å². The predicted octanol–water partition coefficient (Wildman–Crippen LogP) is 3.46. The van der Waals surface area contributed by atoms with E-state index < -0.39 is 6.10 Å². The quantitative estimate of drug-likeness (QED) is 0.917. The van der Waals surface area contributed by atoms with Crippen molar-refractivity contribution in [1.29, 1.82) is 0 Å². The van der Waals surface area contributed by atoms with E-state index in [1.165, 1.54) is 0 Å². The third-order valence-electron chi connectivity index (χ3n) is 3.40. The SMILES string of the molecule is COc1cccc(CC(O)c2cc(Br)c3c(c2)OCO3)c1. The molecule has 110 valence electrons. The lowest BCUT2D eigenvalue weighted by molar-refractivity contribution is 0.171. The van der Waals surface area contributed by atoms with Crippen LogP contribution in [0.2, 0.25) is 0 Å². The summed E-state index contributed by atoms with van der Waals surface area (Å²) in [7, 11) is 1.63. The van der Waals surface area contributed by atoms with E-state index in [2.05, 4.69) is 15.9 Å². The summed E-state index contributed by atoms with van der Waals surface area (Å²) in [5.41, 5.74) is 1.80. The van der Waals surface area contributed by atoms with E-state index in [1.54, 1.807) is 7.11 Å². The molecule has 21 heavy (non-hydrogen) atoms. The van der Waals surface area contributed by atoms with Gasteiger partial charge in [0.1, 0.15) is 5.75 Å². The van der Waals surface area contributed by atoms with E-state index in [-0.39, 0.29) is 6.79 Å². The molecular formula is C16H15BrO4. The molecule has 1 unspecified atom stereocenters. The largest absolute Gasteiger partial charge is 0.497 e. The van der Waals surface area contributed by atoms with Crippen molar-refractivity contribution < 1.29 is 19.3 Å². The van der Waals surface area contributed by atoms with Gasteiger partial charge < -0.3 is 19.3 Å². The minimum absolute atomic E-state index is 0.212. The average Bonchev–Trinajstić information content (AvgIpc) is 2.96. The van der Waals surface area contributed by atoms with E-state index in [0.29, 0.717) is 17.9 Å². The number of aliphatic hydroxyl groups is 1. The molecule has 0 saturated heterocycles. The molecule has 1 atom stereocenters. The van der Waals surface area contributed by atoms with Crippen molar-refractivity contribution in [2.75, 3.05) is 13.9 Å². The van der Waals surface area contributed by atoms with Crippen LogP contribution in [0.25, 0.3) is 0 Å². The smallest absolute Gasteiger partial charge is 0.231 e. The summed E-state index contributed by atoms with van der Waals surface area (Å²) < 4.78 is 16.7. The minimum Gasteiger partial charge on any atom is -0.497 e. The highest BCUT2D eigenvalue weighted by atomic mass is 79.9. The van der Waals surface area contributed by atoms with Crippen LogP contribution in [0.1, 0.15) is 17.2 Å². The first-order valence-corrected chi connectivity index (χ1v) is 7.36. The molecule has 5 heteroatoms. The Labute approximate surface area is 131 Å². The van der Waals surface area contributed by atoms with Crippen molar-refractivity contribution in [3.63, 3.8) is 0 Å². The first kappa shape index (κ1) is 14.2. The monoisotopic (exact) mass is 350 g/mol. The summed E-state index contributed by atoms with van der Waals surface area (Å²) in [6.45, 7) is 0.212. The Morgan fingerprint density at radius 2 is 2.14 bits per heavy atom. The maximum atomic E-state index is 10.4. The van der Waals surface area contributed by atoms with Gasteiger partial charge in [-0.05, 0) is 51.3 Å². The Morgan fingerprint density at radius 3 is 2.95 bits per heavy atom. The lowest BCUT2D eigenvalue weighted by atomic mass is 10.0. The zero-order valence-electron chi connectivity index (χ0n) is 11.5. The van der Waals surface area contributed by atoms with Crippen molar-refractivity contribution in [3.8, 4) is 17.2 Å². The maximum absolute atomic E-state index is 10.4. The van der Waals surface area contributed by atoms with Gasteiger partial charge in [-0.1, -0.05) is 12.1 Å². The Balaban J connectivity index is 1.82. The third kappa shape index (κ3) is 2.99. The molecule has 4 nitrogen and oxygen atoms in total. The summed E-state index contributed by atoms with van der Waals surface area (Å²) in [5.74, 6) is 2.13. The summed E-state index contributed by atoms with van der Waals surface area (Å²) in [6.07, 6.45) is -0.119. The number of ether oxygens (including phenoxy) is 3. The van der Waals surface area contributed by atoms with Gasteiger partial charge in [0.15, 0.2) is 11.5 Å². The molecule has 1 aliphatic rings. The molecule has 0 bridgehead atoms. The molecule has 1 aliphatic heterocycles. The lowest BCUT2D eigenvalue weighted by Crippen LogP contribution is -2.02. The normalized spacial score (nSPS) is 14.0. The number of halogens is 1. The van der Waals surface area contributed by atoms with Gasteiger partial charge in [-0.25, -0.2) is 0 Å². The number of hydrogen-bond donors (Lipinski definition) is 1. The molecule has 2 aromatic rings. The minimum atomic E-state index is -0.622. The topological polar surface area (TPSA) is 47.9 Å². The number of aliphatic hydroxyl groups excluding tert-OH is 1. The van der Waals surface area contributed by atoms with E-state index in [9.17, 15) is 5.11 Å². The summed E-state index contributed by atoms with van der Waals surface area (Å²) >= 11 is 3.44. The molecular weight excluding hydrogens is 336 g/mol.